The van der Waals surface area contributed by atoms with E-state index in [0.717, 1.165) is 17.8 Å². The molecule has 3 heteroatoms. The minimum Gasteiger partial charge on any atom is -0.370 e. The summed E-state index contributed by atoms with van der Waals surface area (Å²) in [5.41, 5.74) is 7.67. The Morgan fingerprint density at radius 1 is 1.33 bits per heavy atom. The van der Waals surface area contributed by atoms with Crippen molar-refractivity contribution in [3.8, 4) is 6.07 Å². The third-order valence-electron chi connectivity index (χ3n) is 4.07. The first kappa shape index (κ1) is 12.9. The van der Waals surface area contributed by atoms with E-state index in [-0.39, 0.29) is 0 Å². The van der Waals surface area contributed by atoms with E-state index in [1.54, 1.807) is 0 Å². The maximum Gasteiger partial charge on any atom is 0.101 e. The summed E-state index contributed by atoms with van der Waals surface area (Å²) < 4.78 is 0. The van der Waals surface area contributed by atoms with E-state index in [9.17, 15) is 5.26 Å². The van der Waals surface area contributed by atoms with Crippen LogP contribution >= 0.6 is 0 Å². The third-order valence-corrected chi connectivity index (χ3v) is 4.07. The first-order chi connectivity index (χ1) is 8.77. The highest BCUT2D eigenvalue weighted by molar-refractivity contribution is 5.59. The first-order valence-corrected chi connectivity index (χ1v) is 6.70. The molecule has 1 aliphatic carbocycles. The summed E-state index contributed by atoms with van der Waals surface area (Å²) >= 11 is 0. The van der Waals surface area contributed by atoms with Crippen molar-refractivity contribution < 1.29 is 0 Å². The Kier molecular flexibility index (Phi) is 4.22. The monoisotopic (exact) mass is 243 g/mol. The molecule has 1 saturated carbocycles. The van der Waals surface area contributed by atoms with Crippen LogP contribution in [-0.2, 0) is 0 Å². The minimum absolute atomic E-state index is 0.471. The molecule has 1 aromatic rings. The van der Waals surface area contributed by atoms with E-state index in [2.05, 4.69) is 18.0 Å². The molecule has 3 nitrogen and oxygen atoms in total. The molecule has 0 spiro atoms. The molecule has 1 aliphatic rings. The van der Waals surface area contributed by atoms with Gasteiger partial charge in [0, 0.05) is 13.1 Å². The number of nitrogens with two attached hydrogens (primary N) is 1. The molecule has 0 saturated heterocycles. The molecule has 1 aromatic carbocycles. The molecule has 0 bridgehead atoms. The van der Waals surface area contributed by atoms with Crippen LogP contribution in [0.4, 0.5) is 5.69 Å². The van der Waals surface area contributed by atoms with Crippen LogP contribution in [0.2, 0.25) is 0 Å². The lowest BCUT2D eigenvalue weighted by Gasteiger charge is -2.39. The lowest BCUT2D eigenvalue weighted by Crippen LogP contribution is -2.43. The molecule has 96 valence electrons. The van der Waals surface area contributed by atoms with Gasteiger partial charge in [0.25, 0.3) is 0 Å². The molecule has 0 radical (unpaired) electrons. The summed E-state index contributed by atoms with van der Waals surface area (Å²) in [6.07, 6.45) is 4.94. The molecule has 0 heterocycles. The summed E-state index contributed by atoms with van der Waals surface area (Å²) in [7, 11) is 2.09. The van der Waals surface area contributed by atoms with Crippen molar-refractivity contribution >= 4 is 5.69 Å². The predicted octanol–water partition coefficient (Wildman–Crippen LogP) is 2.51. The standard InChI is InChI=1S/C15H21N3/c1-18(14-8-4-2-6-12(14)10-16)15-9-5-3-7-13(15)11-17/h2,4,6,8,13,15H,3,5,7,9,11,17H2,1H3. The van der Waals surface area contributed by atoms with Crippen molar-refractivity contribution in [2.24, 2.45) is 11.7 Å². The van der Waals surface area contributed by atoms with E-state index >= 15 is 0 Å². The Bertz CT molecular complexity index is 436. The van der Waals surface area contributed by atoms with Gasteiger partial charge in [0.1, 0.15) is 6.07 Å². The summed E-state index contributed by atoms with van der Waals surface area (Å²) in [5, 5.41) is 9.19. The lowest BCUT2D eigenvalue weighted by atomic mass is 9.83. The molecule has 2 rings (SSSR count). The number of hydrogen-bond donors (Lipinski definition) is 1. The van der Waals surface area contributed by atoms with Gasteiger partial charge in [-0.3, -0.25) is 0 Å². The summed E-state index contributed by atoms with van der Waals surface area (Å²) in [6, 6.07) is 10.6. The number of anilines is 1. The zero-order valence-electron chi connectivity index (χ0n) is 11.0. The number of para-hydroxylation sites is 1. The van der Waals surface area contributed by atoms with E-state index in [1.807, 2.05) is 24.3 Å². The van der Waals surface area contributed by atoms with E-state index in [1.165, 1.54) is 25.7 Å². The molecule has 0 aromatic heterocycles. The van der Waals surface area contributed by atoms with Gasteiger partial charge in [0.2, 0.25) is 0 Å². The molecular weight excluding hydrogens is 222 g/mol. The van der Waals surface area contributed by atoms with Crippen LogP contribution in [0.25, 0.3) is 0 Å². The van der Waals surface area contributed by atoms with Crippen LogP contribution in [0.5, 0.6) is 0 Å². The fourth-order valence-corrected chi connectivity index (χ4v) is 3.03. The van der Waals surface area contributed by atoms with Crippen molar-refractivity contribution in [3.05, 3.63) is 29.8 Å². The highest BCUT2D eigenvalue weighted by Crippen LogP contribution is 2.31. The summed E-state index contributed by atoms with van der Waals surface area (Å²) in [6.45, 7) is 0.740. The average Bonchev–Trinajstić information content (AvgIpc) is 2.46. The second-order valence-corrected chi connectivity index (χ2v) is 5.09. The smallest absolute Gasteiger partial charge is 0.101 e. The summed E-state index contributed by atoms with van der Waals surface area (Å²) in [4.78, 5) is 2.26. The lowest BCUT2D eigenvalue weighted by molar-refractivity contribution is 0.306. The van der Waals surface area contributed by atoms with Crippen molar-refractivity contribution in [3.63, 3.8) is 0 Å². The molecule has 2 unspecified atom stereocenters. The van der Waals surface area contributed by atoms with Crippen LogP contribution < -0.4 is 10.6 Å². The Balaban J connectivity index is 2.24. The van der Waals surface area contributed by atoms with Crippen LogP contribution in [-0.4, -0.2) is 19.6 Å². The molecule has 0 aliphatic heterocycles. The third kappa shape index (κ3) is 2.49. The van der Waals surface area contributed by atoms with E-state index in [4.69, 9.17) is 5.73 Å². The largest absolute Gasteiger partial charge is 0.370 e. The van der Waals surface area contributed by atoms with Gasteiger partial charge in [-0.2, -0.15) is 5.26 Å². The average molecular weight is 243 g/mol. The Morgan fingerprint density at radius 2 is 2.06 bits per heavy atom. The maximum atomic E-state index is 9.19. The van der Waals surface area contributed by atoms with Gasteiger partial charge >= 0.3 is 0 Å². The number of benzene rings is 1. The van der Waals surface area contributed by atoms with Crippen LogP contribution in [0.1, 0.15) is 31.2 Å². The van der Waals surface area contributed by atoms with Crippen molar-refractivity contribution in [2.45, 2.75) is 31.7 Å². The fraction of sp³-hybridized carbons (Fsp3) is 0.533. The van der Waals surface area contributed by atoms with Crippen molar-refractivity contribution in [1.29, 1.82) is 5.26 Å². The Hall–Kier alpha value is -1.53. The van der Waals surface area contributed by atoms with Gasteiger partial charge in [0.05, 0.1) is 11.3 Å². The molecule has 18 heavy (non-hydrogen) atoms. The van der Waals surface area contributed by atoms with Gasteiger partial charge in [-0.1, -0.05) is 25.0 Å². The summed E-state index contributed by atoms with van der Waals surface area (Å²) in [5.74, 6) is 0.551. The Morgan fingerprint density at radius 3 is 2.78 bits per heavy atom. The fourth-order valence-electron chi connectivity index (χ4n) is 3.03. The van der Waals surface area contributed by atoms with Crippen LogP contribution in [0, 0.1) is 17.2 Å². The second kappa shape index (κ2) is 5.88. The normalized spacial score (nSPS) is 23.4. The van der Waals surface area contributed by atoms with E-state index in [0.29, 0.717) is 12.0 Å². The minimum atomic E-state index is 0.471. The van der Waals surface area contributed by atoms with Crippen LogP contribution in [0.3, 0.4) is 0 Å². The van der Waals surface area contributed by atoms with E-state index < -0.39 is 0 Å². The van der Waals surface area contributed by atoms with Gasteiger partial charge in [0.15, 0.2) is 0 Å². The van der Waals surface area contributed by atoms with Crippen molar-refractivity contribution in [2.75, 3.05) is 18.5 Å². The zero-order valence-corrected chi connectivity index (χ0v) is 11.0. The number of nitriles is 1. The highest BCUT2D eigenvalue weighted by Gasteiger charge is 2.28. The first-order valence-electron chi connectivity index (χ1n) is 6.70. The molecular formula is C15H21N3. The number of rotatable bonds is 3. The molecule has 2 N–H and O–H groups in total. The molecule has 2 atom stereocenters. The van der Waals surface area contributed by atoms with Gasteiger partial charge in [-0.05, 0) is 37.4 Å². The second-order valence-electron chi connectivity index (χ2n) is 5.09. The quantitative estimate of drug-likeness (QED) is 0.887. The SMILES string of the molecule is CN(c1ccccc1C#N)C1CCCCC1CN. The molecule has 0 amide bonds. The van der Waals surface area contributed by atoms with Crippen molar-refractivity contribution in [1.82, 2.24) is 0 Å². The highest BCUT2D eigenvalue weighted by atomic mass is 15.1. The molecule has 1 fully saturated rings. The predicted molar refractivity (Wildman–Crippen MR) is 74.4 cm³/mol. The maximum absolute atomic E-state index is 9.19. The zero-order chi connectivity index (χ0) is 13.0. The van der Waals surface area contributed by atoms with Crippen LogP contribution in [0.15, 0.2) is 24.3 Å². The number of nitrogens with zero attached hydrogens (tertiary/aromatic N) is 2. The van der Waals surface area contributed by atoms with Gasteiger partial charge < -0.3 is 10.6 Å². The van der Waals surface area contributed by atoms with Gasteiger partial charge in [-0.25, -0.2) is 0 Å². The Labute approximate surface area is 109 Å². The number of hydrogen-bond acceptors (Lipinski definition) is 3. The van der Waals surface area contributed by atoms with Gasteiger partial charge in [-0.15, -0.1) is 0 Å². The topological polar surface area (TPSA) is 53.0 Å².